The number of nitrogens with two attached hydrogens (primary N) is 1. The van der Waals surface area contributed by atoms with Crippen molar-refractivity contribution in [2.75, 3.05) is 18.8 Å². The molecule has 1 aliphatic carbocycles. The van der Waals surface area contributed by atoms with Crippen LogP contribution in [0.5, 0.6) is 0 Å². The number of carbonyl (C=O) groups excluding carboxylic acids is 3. The molecule has 0 aromatic heterocycles. The predicted octanol–water partition coefficient (Wildman–Crippen LogP) is 0.351. The van der Waals surface area contributed by atoms with Crippen LogP contribution in [0.3, 0.4) is 0 Å². The first-order valence-electron chi connectivity index (χ1n) is 10.4. The fraction of sp³-hybridized carbons (Fsp3) is 0.526. The van der Waals surface area contributed by atoms with E-state index in [4.69, 9.17) is 9.85 Å². The summed E-state index contributed by atoms with van der Waals surface area (Å²) in [5.74, 6) is -1.18. The lowest BCUT2D eigenvalue weighted by molar-refractivity contribution is -0.139. The van der Waals surface area contributed by atoms with Gasteiger partial charge in [0, 0.05) is 16.3 Å². The summed E-state index contributed by atoms with van der Waals surface area (Å²) < 4.78 is 22.5. The number of primary amides is 1. The molecule has 3 atom stereocenters. The summed E-state index contributed by atoms with van der Waals surface area (Å²) in [4.78, 5) is 39.7. The number of anilines is 1. The largest absolute Gasteiger partial charge is 0.368 e. The Balaban J connectivity index is 1.66. The van der Waals surface area contributed by atoms with Gasteiger partial charge in [-0.25, -0.2) is 0 Å². The quantitative estimate of drug-likeness (QED) is 0.705. The first-order valence-corrected chi connectivity index (χ1v) is 8.89. The maximum Gasteiger partial charge on any atom is 0.240 e. The summed E-state index contributed by atoms with van der Waals surface area (Å²) >= 11 is 0. The van der Waals surface area contributed by atoms with Crippen LogP contribution in [-0.4, -0.2) is 48.2 Å². The van der Waals surface area contributed by atoms with Crippen molar-refractivity contribution >= 4 is 23.4 Å². The molecule has 7 heteroatoms. The Morgan fingerprint density at radius 1 is 1.46 bits per heavy atom. The Hall–Kier alpha value is -2.41. The maximum atomic E-state index is 13.3. The molecule has 2 fully saturated rings. The predicted molar refractivity (Wildman–Crippen MR) is 96.3 cm³/mol. The lowest BCUT2D eigenvalue weighted by atomic mass is 9.79. The van der Waals surface area contributed by atoms with E-state index in [1.54, 1.807) is 18.2 Å². The Labute approximate surface area is 156 Å². The van der Waals surface area contributed by atoms with Gasteiger partial charge in [0.05, 0.1) is 11.5 Å². The van der Waals surface area contributed by atoms with E-state index < -0.39 is 36.3 Å². The number of hydrogen-bond acceptors (Lipinski definition) is 4. The smallest absolute Gasteiger partial charge is 0.240 e. The lowest BCUT2D eigenvalue weighted by Crippen LogP contribution is -2.51. The van der Waals surface area contributed by atoms with Gasteiger partial charge in [-0.15, -0.1) is 0 Å². The van der Waals surface area contributed by atoms with Crippen LogP contribution in [-0.2, 0) is 19.8 Å². The van der Waals surface area contributed by atoms with Crippen LogP contribution in [0.25, 0.3) is 0 Å². The molecule has 1 aromatic carbocycles. The molecule has 4 N–H and O–H groups in total. The normalized spacial score (nSPS) is 30.3. The van der Waals surface area contributed by atoms with Crippen molar-refractivity contribution in [3.8, 4) is 0 Å². The van der Waals surface area contributed by atoms with Crippen molar-refractivity contribution in [1.29, 1.82) is 0 Å². The summed E-state index contributed by atoms with van der Waals surface area (Å²) in [5.41, 5.74) is 5.92. The summed E-state index contributed by atoms with van der Waals surface area (Å²) in [5, 5.41) is 5.25. The summed E-state index contributed by atoms with van der Waals surface area (Å²) in [6.45, 7) is -2.50. The van der Waals surface area contributed by atoms with Gasteiger partial charge in [0.2, 0.25) is 17.7 Å². The molecule has 2 aliphatic heterocycles. The van der Waals surface area contributed by atoms with Crippen LogP contribution in [0.1, 0.15) is 35.4 Å². The minimum Gasteiger partial charge on any atom is -0.368 e. The third kappa shape index (κ3) is 2.58. The minimum atomic E-state index is -2.49. The number of amides is 3. The van der Waals surface area contributed by atoms with Gasteiger partial charge in [-0.1, -0.05) is 31.0 Å². The Bertz CT molecular complexity index is 871. The van der Waals surface area contributed by atoms with Gasteiger partial charge in [0.1, 0.15) is 6.04 Å². The number of para-hydroxylation sites is 1. The number of nitrogens with zero attached hydrogens (tertiary/aromatic N) is 1. The highest BCUT2D eigenvalue weighted by molar-refractivity contribution is 6.08. The first-order chi connectivity index (χ1) is 13.6. The molecule has 26 heavy (non-hydrogen) atoms. The van der Waals surface area contributed by atoms with Crippen molar-refractivity contribution in [1.82, 2.24) is 10.2 Å². The SMILES string of the molecule is [2H]C([2H])([2H])N[C@@H](CC1CC1)C(=O)N1C[C@]2(C[C@H]1C(N)=O)C(=O)Nc1ccccc12. The molecule has 0 radical (unpaired) electrons. The molecule has 4 rings (SSSR count). The van der Waals surface area contributed by atoms with Crippen LogP contribution >= 0.6 is 0 Å². The monoisotopic (exact) mass is 359 g/mol. The fourth-order valence-electron chi connectivity index (χ4n) is 4.23. The van der Waals surface area contributed by atoms with Crippen molar-refractivity contribution in [2.45, 2.75) is 43.2 Å². The standard InChI is InChI=1S/C19H24N4O3/c1-21-14(8-11-6-7-11)17(25)23-10-19(9-15(23)16(20)24)12-4-2-3-5-13(12)22-18(19)26/h2-5,11,14-15,21H,6-10H2,1H3,(H2,20,24)(H,22,26)/t14-,15-,19-/m0/s1/i1D3. The zero-order valence-corrected chi connectivity index (χ0v) is 14.3. The summed E-state index contributed by atoms with van der Waals surface area (Å²) in [7, 11) is 0. The molecule has 1 spiro atoms. The van der Waals surface area contributed by atoms with Gasteiger partial charge in [0.15, 0.2) is 0 Å². The van der Waals surface area contributed by atoms with Crippen molar-refractivity contribution in [3.63, 3.8) is 0 Å². The van der Waals surface area contributed by atoms with E-state index in [1.807, 2.05) is 6.07 Å². The van der Waals surface area contributed by atoms with E-state index in [0.717, 1.165) is 18.4 Å². The number of fused-ring (bicyclic) bond motifs is 2. The molecule has 1 aromatic rings. The van der Waals surface area contributed by atoms with Gasteiger partial charge in [-0.3, -0.25) is 14.4 Å². The van der Waals surface area contributed by atoms with E-state index in [1.165, 1.54) is 4.90 Å². The Morgan fingerprint density at radius 2 is 2.23 bits per heavy atom. The van der Waals surface area contributed by atoms with Crippen LogP contribution < -0.4 is 16.4 Å². The van der Waals surface area contributed by atoms with Gasteiger partial charge in [-0.2, -0.15) is 0 Å². The summed E-state index contributed by atoms with van der Waals surface area (Å²) in [6, 6.07) is 5.26. The summed E-state index contributed by atoms with van der Waals surface area (Å²) in [6.07, 6.45) is 2.37. The number of carbonyl (C=O) groups is 3. The van der Waals surface area contributed by atoms with Crippen LogP contribution in [0.4, 0.5) is 5.69 Å². The number of rotatable bonds is 5. The number of nitrogens with one attached hydrogen (secondary N) is 2. The van der Waals surface area contributed by atoms with Gasteiger partial charge in [-0.05, 0) is 37.4 Å². The van der Waals surface area contributed by atoms with E-state index >= 15 is 0 Å². The highest BCUT2D eigenvalue weighted by atomic mass is 16.2. The van der Waals surface area contributed by atoms with Gasteiger partial charge < -0.3 is 21.3 Å². The zero-order chi connectivity index (χ0) is 21.0. The molecular formula is C19H24N4O3. The third-order valence-corrected chi connectivity index (χ3v) is 5.83. The Morgan fingerprint density at radius 3 is 2.92 bits per heavy atom. The van der Waals surface area contributed by atoms with E-state index in [9.17, 15) is 14.4 Å². The highest BCUT2D eigenvalue weighted by Crippen LogP contribution is 2.46. The lowest BCUT2D eigenvalue weighted by Gasteiger charge is -2.28. The molecule has 1 saturated heterocycles. The van der Waals surface area contributed by atoms with E-state index in [2.05, 4.69) is 10.6 Å². The van der Waals surface area contributed by atoms with Crippen molar-refractivity contribution in [2.24, 2.45) is 11.7 Å². The molecular weight excluding hydrogens is 332 g/mol. The van der Waals surface area contributed by atoms with Crippen molar-refractivity contribution < 1.29 is 18.5 Å². The fourth-order valence-corrected chi connectivity index (χ4v) is 4.23. The number of likely N-dealkylation sites (N-methyl/N-ethyl adjacent to an activating group) is 1. The van der Waals surface area contributed by atoms with E-state index in [-0.39, 0.29) is 24.8 Å². The minimum absolute atomic E-state index is 0.00780. The number of benzene rings is 1. The maximum absolute atomic E-state index is 13.3. The van der Waals surface area contributed by atoms with Crippen LogP contribution in [0.15, 0.2) is 24.3 Å². The Kier molecular flexibility index (Phi) is 3.22. The van der Waals surface area contributed by atoms with Crippen molar-refractivity contribution in [3.05, 3.63) is 29.8 Å². The average Bonchev–Trinajstić information content (AvgIpc) is 3.28. The molecule has 0 unspecified atom stereocenters. The third-order valence-electron chi connectivity index (χ3n) is 5.83. The first kappa shape index (κ1) is 13.7. The molecule has 0 bridgehead atoms. The molecule has 138 valence electrons. The number of hydrogen-bond donors (Lipinski definition) is 3. The van der Waals surface area contributed by atoms with Crippen LogP contribution in [0.2, 0.25) is 0 Å². The zero-order valence-electron chi connectivity index (χ0n) is 17.3. The van der Waals surface area contributed by atoms with Gasteiger partial charge in [0.25, 0.3) is 0 Å². The second-order valence-corrected chi connectivity index (χ2v) is 7.55. The van der Waals surface area contributed by atoms with Gasteiger partial charge >= 0.3 is 0 Å². The number of likely N-dealkylation sites (tertiary alicyclic amines) is 1. The molecule has 2 heterocycles. The molecule has 1 saturated carbocycles. The second-order valence-electron chi connectivity index (χ2n) is 7.55. The highest BCUT2D eigenvalue weighted by Gasteiger charge is 2.57. The topological polar surface area (TPSA) is 105 Å². The second kappa shape index (κ2) is 6.09. The molecule has 7 nitrogen and oxygen atoms in total. The van der Waals surface area contributed by atoms with Crippen LogP contribution in [0, 0.1) is 5.92 Å². The molecule has 3 aliphatic rings. The average molecular weight is 359 g/mol. The van der Waals surface area contributed by atoms with E-state index in [0.29, 0.717) is 12.1 Å². The molecule has 3 amide bonds.